The maximum Gasteiger partial charge on any atom is 0.155 e. The molecule has 3 fully saturated rings. The number of hydrogen-bond acceptors (Lipinski definition) is 2. The van der Waals surface area contributed by atoms with E-state index >= 15 is 0 Å². The number of halogens is 1. The molecule has 1 N–H and O–H groups in total. The van der Waals surface area contributed by atoms with E-state index in [9.17, 15) is 14.3 Å². The Labute approximate surface area is 132 Å². The van der Waals surface area contributed by atoms with Gasteiger partial charge in [0.05, 0.1) is 6.10 Å². The number of aliphatic hydroxyl groups is 1. The number of carbonyl (C=O) groups is 1. The minimum absolute atomic E-state index is 0.236. The Morgan fingerprint density at radius 3 is 2.91 bits per heavy atom. The summed E-state index contributed by atoms with van der Waals surface area (Å²) in [4.78, 5) is 11.7. The summed E-state index contributed by atoms with van der Waals surface area (Å²) in [5.41, 5.74) is 1.13. The van der Waals surface area contributed by atoms with E-state index in [-0.39, 0.29) is 11.2 Å². The van der Waals surface area contributed by atoms with Crippen molar-refractivity contribution >= 4 is 5.78 Å². The first-order valence-electron chi connectivity index (χ1n) is 8.97. The smallest absolute Gasteiger partial charge is 0.155 e. The third-order valence-corrected chi connectivity index (χ3v) is 7.58. The second-order valence-corrected chi connectivity index (χ2v) is 8.60. The number of aliphatic hydroxyl groups excluding tert-OH is 1. The summed E-state index contributed by atoms with van der Waals surface area (Å²) in [5, 5.41) is 10.4. The van der Waals surface area contributed by atoms with E-state index in [2.05, 4.69) is 13.8 Å². The molecule has 22 heavy (non-hydrogen) atoms. The minimum Gasteiger partial charge on any atom is -0.390 e. The molecule has 0 bridgehead atoms. The molecule has 3 saturated carbocycles. The van der Waals surface area contributed by atoms with Crippen LogP contribution in [0.3, 0.4) is 0 Å². The second-order valence-electron chi connectivity index (χ2n) is 8.60. The van der Waals surface area contributed by atoms with Crippen LogP contribution in [-0.2, 0) is 4.79 Å². The molecule has 0 heterocycles. The van der Waals surface area contributed by atoms with Crippen molar-refractivity contribution in [3.63, 3.8) is 0 Å². The molecule has 2 nitrogen and oxygen atoms in total. The van der Waals surface area contributed by atoms with Gasteiger partial charge in [0, 0.05) is 6.42 Å². The zero-order chi connectivity index (χ0) is 15.6. The fourth-order valence-corrected chi connectivity index (χ4v) is 6.54. The first-order valence-corrected chi connectivity index (χ1v) is 8.97. The number of allylic oxidation sites excluding steroid dienone is 1. The van der Waals surface area contributed by atoms with Crippen LogP contribution in [0.25, 0.3) is 0 Å². The summed E-state index contributed by atoms with van der Waals surface area (Å²) in [6.45, 7) is 4.39. The van der Waals surface area contributed by atoms with Crippen LogP contribution in [0, 0.1) is 35.0 Å². The van der Waals surface area contributed by atoms with E-state index in [0.29, 0.717) is 42.4 Å². The summed E-state index contributed by atoms with van der Waals surface area (Å²) in [6.07, 6.45) is 5.31. The van der Waals surface area contributed by atoms with Gasteiger partial charge in [-0.3, -0.25) is 4.79 Å². The Morgan fingerprint density at radius 2 is 2.14 bits per heavy atom. The molecule has 8 atom stereocenters. The minimum atomic E-state index is -1.05. The average molecular weight is 305 g/mol. The topological polar surface area (TPSA) is 37.3 Å². The average Bonchev–Trinajstić information content (AvgIpc) is 2.70. The quantitative estimate of drug-likeness (QED) is 0.741. The molecule has 3 heteroatoms. The molecule has 0 saturated heterocycles. The van der Waals surface area contributed by atoms with Gasteiger partial charge >= 0.3 is 0 Å². The predicted octanol–water partition coefficient (Wildman–Crippen LogP) is 3.68. The normalized spacial score (nSPS) is 54.3. The lowest BCUT2D eigenvalue weighted by molar-refractivity contribution is -0.116. The van der Waals surface area contributed by atoms with Crippen molar-refractivity contribution in [3.8, 4) is 0 Å². The van der Waals surface area contributed by atoms with Gasteiger partial charge in [0.25, 0.3) is 0 Å². The highest BCUT2D eigenvalue weighted by molar-refractivity contribution is 5.91. The molecule has 3 unspecified atom stereocenters. The molecule has 0 radical (unpaired) electrons. The van der Waals surface area contributed by atoms with E-state index in [1.807, 2.05) is 6.08 Å². The van der Waals surface area contributed by atoms with Crippen molar-refractivity contribution in [2.75, 3.05) is 0 Å². The van der Waals surface area contributed by atoms with Crippen LogP contribution in [0.15, 0.2) is 11.6 Å². The van der Waals surface area contributed by atoms with Crippen molar-refractivity contribution in [1.82, 2.24) is 0 Å². The fraction of sp³-hybridized carbons (Fsp3) is 0.842. The van der Waals surface area contributed by atoms with Gasteiger partial charge in [0.2, 0.25) is 0 Å². The third-order valence-electron chi connectivity index (χ3n) is 7.58. The SMILES string of the molecule is C[C@@H]1CC2=CC(=O)CC[C@@H]2C2CC[C@@]3(C)C(C[C@H]([18F])[C@@H]3O)C21. The van der Waals surface area contributed by atoms with E-state index in [4.69, 9.17) is 0 Å². The highest BCUT2D eigenvalue weighted by Crippen LogP contribution is 2.63. The molecule has 4 rings (SSSR count). The Hall–Kier alpha value is -0.700. The van der Waals surface area contributed by atoms with Crippen molar-refractivity contribution in [2.45, 2.75) is 64.6 Å². The first kappa shape index (κ1) is 14.9. The van der Waals surface area contributed by atoms with Gasteiger partial charge < -0.3 is 5.11 Å². The molecular weight excluding hydrogens is 278 g/mol. The summed E-state index contributed by atoms with van der Waals surface area (Å²) in [5.74, 6) is 2.76. The van der Waals surface area contributed by atoms with Crippen LogP contribution >= 0.6 is 0 Å². The highest BCUT2D eigenvalue weighted by Gasteiger charge is 2.60. The fourth-order valence-electron chi connectivity index (χ4n) is 6.54. The van der Waals surface area contributed by atoms with Crippen molar-refractivity contribution in [2.24, 2.45) is 35.0 Å². The standard InChI is InChI=1S/C19H27FO2/c1-10-7-11-8-12(21)3-4-13(11)14-5-6-19(2)15(17(10)14)9-16(20)18(19)22/h8,10,13-18,22H,3-7,9H2,1-2H3/t10-,13+,14?,15?,16+,17?,18+,19+/m1/s1/i20-1. The summed E-state index contributed by atoms with van der Waals surface area (Å²) >= 11 is 0. The van der Waals surface area contributed by atoms with Gasteiger partial charge in [-0.05, 0) is 73.2 Å². The predicted molar refractivity (Wildman–Crippen MR) is 82.9 cm³/mol. The zero-order valence-corrected chi connectivity index (χ0v) is 13.6. The van der Waals surface area contributed by atoms with Crippen LogP contribution in [0.1, 0.15) is 52.4 Å². The van der Waals surface area contributed by atoms with Gasteiger partial charge in [-0.2, -0.15) is 0 Å². The lowest BCUT2D eigenvalue weighted by Gasteiger charge is -2.55. The van der Waals surface area contributed by atoms with Gasteiger partial charge in [-0.15, -0.1) is 0 Å². The van der Waals surface area contributed by atoms with Gasteiger partial charge in [0.15, 0.2) is 5.78 Å². The molecular formula is C19H27FO2. The Kier molecular flexibility index (Phi) is 3.31. The van der Waals surface area contributed by atoms with E-state index in [1.54, 1.807) is 0 Å². The van der Waals surface area contributed by atoms with Gasteiger partial charge in [0.1, 0.15) is 6.17 Å². The molecule has 0 aliphatic heterocycles. The molecule has 0 spiro atoms. The van der Waals surface area contributed by atoms with Crippen LogP contribution < -0.4 is 0 Å². The Morgan fingerprint density at radius 1 is 1.36 bits per heavy atom. The van der Waals surface area contributed by atoms with Crippen molar-refractivity contribution in [1.29, 1.82) is 0 Å². The lowest BCUT2D eigenvalue weighted by atomic mass is 9.49. The maximum absolute atomic E-state index is 14.2. The van der Waals surface area contributed by atoms with Crippen LogP contribution in [-0.4, -0.2) is 23.2 Å². The van der Waals surface area contributed by atoms with Crippen molar-refractivity contribution in [3.05, 3.63) is 11.6 Å². The lowest BCUT2D eigenvalue weighted by Crippen LogP contribution is -2.50. The summed E-state index contributed by atoms with van der Waals surface area (Å²) in [6, 6.07) is 0. The molecule has 4 aliphatic carbocycles. The summed E-state index contributed by atoms with van der Waals surface area (Å²) in [7, 11) is 0. The molecule has 0 aromatic heterocycles. The summed E-state index contributed by atoms with van der Waals surface area (Å²) < 4.78 is 14.2. The number of fused-ring (bicyclic) bond motifs is 5. The number of alkyl halides is 1. The van der Waals surface area contributed by atoms with E-state index in [0.717, 1.165) is 25.7 Å². The van der Waals surface area contributed by atoms with Crippen LogP contribution in [0.5, 0.6) is 0 Å². The number of hydrogen-bond donors (Lipinski definition) is 1. The molecule has 4 aliphatic rings. The number of ketones is 1. The third kappa shape index (κ3) is 1.90. The second kappa shape index (κ2) is 4.90. The maximum atomic E-state index is 14.2. The largest absolute Gasteiger partial charge is 0.390 e. The number of rotatable bonds is 0. The molecule has 122 valence electrons. The number of carbonyl (C=O) groups excluding carboxylic acids is 1. The first-order chi connectivity index (χ1) is 10.4. The molecule has 0 amide bonds. The van der Waals surface area contributed by atoms with Crippen LogP contribution in [0.2, 0.25) is 0 Å². The highest BCUT2D eigenvalue weighted by atomic mass is 18.2. The van der Waals surface area contributed by atoms with Crippen molar-refractivity contribution < 1.29 is 14.3 Å². The molecule has 0 aromatic carbocycles. The monoisotopic (exact) mass is 305 g/mol. The molecule has 0 aromatic rings. The zero-order valence-electron chi connectivity index (χ0n) is 13.6. The van der Waals surface area contributed by atoms with Gasteiger partial charge in [-0.1, -0.05) is 19.4 Å². The Balaban J connectivity index is 1.69. The van der Waals surface area contributed by atoms with E-state index < -0.39 is 12.3 Å². The van der Waals surface area contributed by atoms with Crippen LogP contribution in [0.4, 0.5) is 4.39 Å². The van der Waals surface area contributed by atoms with E-state index in [1.165, 1.54) is 5.57 Å². The van der Waals surface area contributed by atoms with Gasteiger partial charge in [-0.25, -0.2) is 4.39 Å². The Bertz CT molecular complexity index is 528.